The van der Waals surface area contributed by atoms with Gasteiger partial charge in [-0.3, -0.25) is 0 Å². The number of nitrogens with two attached hydrogens (primary N) is 1. The van der Waals surface area contributed by atoms with E-state index in [1.807, 2.05) is 13.8 Å². The first kappa shape index (κ1) is 11.9. The van der Waals surface area contributed by atoms with Gasteiger partial charge in [0.25, 0.3) is 0 Å². The summed E-state index contributed by atoms with van der Waals surface area (Å²) in [5, 5.41) is 0. The summed E-state index contributed by atoms with van der Waals surface area (Å²) in [7, 11) is 1.72. The highest BCUT2D eigenvalue weighted by atomic mass is 16.5. The maximum Gasteiger partial charge on any atom is 0.0772 e. The largest absolute Gasteiger partial charge is 0.377 e. The number of methoxy groups -OCH3 is 1. The quantitative estimate of drug-likeness (QED) is 0.691. The van der Waals surface area contributed by atoms with E-state index in [9.17, 15) is 0 Å². The molecule has 0 aliphatic carbocycles. The number of ether oxygens (including phenoxy) is 1. The van der Waals surface area contributed by atoms with Crippen molar-refractivity contribution in [2.75, 3.05) is 7.11 Å². The zero-order chi connectivity index (χ0) is 9.78. The van der Waals surface area contributed by atoms with Gasteiger partial charge >= 0.3 is 0 Å². The Morgan fingerprint density at radius 3 is 2.08 bits per heavy atom. The van der Waals surface area contributed by atoms with E-state index in [-0.39, 0.29) is 11.6 Å². The Balaban J connectivity index is 3.78. The van der Waals surface area contributed by atoms with Gasteiger partial charge in [0.2, 0.25) is 0 Å². The molecule has 0 bridgehead atoms. The van der Waals surface area contributed by atoms with E-state index in [0.717, 1.165) is 12.3 Å². The van der Waals surface area contributed by atoms with E-state index in [1.54, 1.807) is 7.11 Å². The highest BCUT2D eigenvalue weighted by Gasteiger charge is 2.25. The van der Waals surface area contributed by atoms with Gasteiger partial charge in [-0.1, -0.05) is 13.8 Å². The average molecular weight is 173 g/mol. The van der Waals surface area contributed by atoms with Crippen LogP contribution in [-0.4, -0.2) is 18.8 Å². The number of rotatable bonds is 5. The van der Waals surface area contributed by atoms with E-state index in [4.69, 9.17) is 10.5 Å². The molecule has 0 aliphatic rings. The topological polar surface area (TPSA) is 35.2 Å². The van der Waals surface area contributed by atoms with Crippen LogP contribution in [0.2, 0.25) is 0 Å². The van der Waals surface area contributed by atoms with Crippen LogP contribution in [0.1, 0.15) is 40.5 Å². The first-order valence-corrected chi connectivity index (χ1v) is 4.71. The lowest BCUT2D eigenvalue weighted by molar-refractivity contribution is -0.00259. The number of hydrogen-bond donors (Lipinski definition) is 1. The Hall–Kier alpha value is -0.0800. The molecule has 2 nitrogen and oxygen atoms in total. The molecule has 0 saturated carbocycles. The predicted octanol–water partition coefficient (Wildman–Crippen LogP) is 2.17. The highest BCUT2D eigenvalue weighted by Crippen LogP contribution is 2.17. The Morgan fingerprint density at radius 2 is 1.75 bits per heavy atom. The lowest BCUT2D eigenvalue weighted by Gasteiger charge is -2.30. The van der Waals surface area contributed by atoms with Gasteiger partial charge in [-0.05, 0) is 32.6 Å². The lowest BCUT2D eigenvalue weighted by atomic mass is 9.92. The van der Waals surface area contributed by atoms with Crippen molar-refractivity contribution in [3.05, 3.63) is 0 Å². The highest BCUT2D eigenvalue weighted by molar-refractivity contribution is 4.82. The van der Waals surface area contributed by atoms with Crippen LogP contribution in [0.5, 0.6) is 0 Å². The van der Waals surface area contributed by atoms with Crippen LogP contribution in [0, 0.1) is 5.92 Å². The minimum absolute atomic E-state index is 0.143. The fourth-order valence-electron chi connectivity index (χ4n) is 1.01. The fourth-order valence-corrected chi connectivity index (χ4v) is 1.01. The van der Waals surface area contributed by atoms with Gasteiger partial charge in [0.15, 0.2) is 0 Å². The van der Waals surface area contributed by atoms with Crippen molar-refractivity contribution in [1.82, 2.24) is 0 Å². The second kappa shape index (κ2) is 4.83. The first-order valence-electron chi connectivity index (χ1n) is 4.71. The SMILES string of the molecule is COC(C)(C)C(N)CCC(C)C. The van der Waals surface area contributed by atoms with Gasteiger partial charge in [-0.15, -0.1) is 0 Å². The van der Waals surface area contributed by atoms with Gasteiger partial charge in [-0.2, -0.15) is 0 Å². The molecule has 0 aromatic carbocycles. The Labute approximate surface area is 76.5 Å². The third-order valence-corrected chi connectivity index (χ3v) is 2.47. The van der Waals surface area contributed by atoms with Crippen molar-refractivity contribution >= 4 is 0 Å². The summed E-state index contributed by atoms with van der Waals surface area (Å²) in [5.74, 6) is 0.726. The van der Waals surface area contributed by atoms with Gasteiger partial charge in [0.1, 0.15) is 0 Å². The summed E-state index contributed by atoms with van der Waals surface area (Å²) in [6, 6.07) is 0.143. The monoisotopic (exact) mass is 173 g/mol. The molecule has 0 amide bonds. The van der Waals surface area contributed by atoms with Crippen molar-refractivity contribution in [2.24, 2.45) is 11.7 Å². The summed E-state index contributed by atoms with van der Waals surface area (Å²) in [6.45, 7) is 8.51. The second-order valence-corrected chi connectivity index (χ2v) is 4.39. The van der Waals surface area contributed by atoms with E-state index in [0.29, 0.717) is 0 Å². The molecule has 0 spiro atoms. The minimum atomic E-state index is -0.186. The van der Waals surface area contributed by atoms with Crippen LogP contribution in [0.3, 0.4) is 0 Å². The summed E-state index contributed by atoms with van der Waals surface area (Å²) in [6.07, 6.45) is 2.21. The molecule has 0 rings (SSSR count). The van der Waals surface area contributed by atoms with Crippen LogP contribution < -0.4 is 5.73 Å². The smallest absolute Gasteiger partial charge is 0.0772 e. The molecule has 0 fully saturated rings. The van der Waals surface area contributed by atoms with Crippen LogP contribution in [-0.2, 0) is 4.74 Å². The van der Waals surface area contributed by atoms with Crippen LogP contribution in [0.4, 0.5) is 0 Å². The third kappa shape index (κ3) is 4.07. The summed E-state index contributed by atoms with van der Waals surface area (Å²) >= 11 is 0. The van der Waals surface area contributed by atoms with Crippen molar-refractivity contribution in [3.63, 3.8) is 0 Å². The normalized spacial score (nSPS) is 15.2. The molecule has 1 atom stereocenters. The first-order chi connectivity index (χ1) is 5.40. The molecule has 12 heavy (non-hydrogen) atoms. The molecular formula is C10H23NO. The summed E-state index contributed by atoms with van der Waals surface area (Å²) in [5.41, 5.74) is 5.80. The van der Waals surface area contributed by atoms with Crippen molar-refractivity contribution < 1.29 is 4.74 Å². The zero-order valence-electron chi connectivity index (χ0n) is 9.05. The Bertz CT molecular complexity index is 121. The molecule has 0 heterocycles. The number of hydrogen-bond acceptors (Lipinski definition) is 2. The molecule has 2 heteroatoms. The third-order valence-electron chi connectivity index (χ3n) is 2.47. The molecule has 2 N–H and O–H groups in total. The van der Waals surface area contributed by atoms with Crippen LogP contribution >= 0.6 is 0 Å². The van der Waals surface area contributed by atoms with Crippen LogP contribution in [0.15, 0.2) is 0 Å². The molecule has 1 unspecified atom stereocenters. The van der Waals surface area contributed by atoms with Crippen molar-refractivity contribution in [3.8, 4) is 0 Å². The van der Waals surface area contributed by atoms with E-state index in [1.165, 1.54) is 6.42 Å². The summed E-state index contributed by atoms with van der Waals surface area (Å²) < 4.78 is 5.31. The van der Waals surface area contributed by atoms with E-state index in [2.05, 4.69) is 13.8 Å². The molecule has 0 aromatic rings. The molecule has 0 aromatic heterocycles. The molecule has 74 valence electrons. The van der Waals surface area contributed by atoms with E-state index >= 15 is 0 Å². The van der Waals surface area contributed by atoms with Gasteiger partial charge in [-0.25, -0.2) is 0 Å². The molecule has 0 saturated heterocycles. The second-order valence-electron chi connectivity index (χ2n) is 4.39. The Kier molecular flexibility index (Phi) is 4.80. The fraction of sp³-hybridized carbons (Fsp3) is 1.00. The van der Waals surface area contributed by atoms with Gasteiger partial charge < -0.3 is 10.5 Å². The van der Waals surface area contributed by atoms with Crippen molar-refractivity contribution in [1.29, 1.82) is 0 Å². The maximum absolute atomic E-state index is 5.99. The average Bonchev–Trinajstić information content (AvgIpc) is 2.00. The standard InChI is InChI=1S/C10H23NO/c1-8(2)6-7-9(11)10(3,4)12-5/h8-9H,6-7,11H2,1-5H3. The zero-order valence-corrected chi connectivity index (χ0v) is 9.05. The summed E-state index contributed by atoms with van der Waals surface area (Å²) in [4.78, 5) is 0. The molecule has 0 radical (unpaired) electrons. The lowest BCUT2D eigenvalue weighted by Crippen LogP contribution is -2.44. The van der Waals surface area contributed by atoms with E-state index < -0.39 is 0 Å². The van der Waals surface area contributed by atoms with Gasteiger partial charge in [0.05, 0.1) is 5.60 Å². The molecular weight excluding hydrogens is 150 g/mol. The molecule has 0 aliphatic heterocycles. The maximum atomic E-state index is 5.99. The van der Waals surface area contributed by atoms with Crippen LogP contribution in [0.25, 0.3) is 0 Å². The Morgan fingerprint density at radius 1 is 1.25 bits per heavy atom. The minimum Gasteiger partial charge on any atom is -0.377 e. The van der Waals surface area contributed by atoms with Gasteiger partial charge in [0, 0.05) is 13.2 Å². The van der Waals surface area contributed by atoms with Crippen molar-refractivity contribution in [2.45, 2.75) is 52.2 Å². The predicted molar refractivity (Wildman–Crippen MR) is 53.1 cm³/mol.